The Morgan fingerprint density at radius 1 is 1.02 bits per heavy atom. The van der Waals surface area contributed by atoms with Gasteiger partial charge in [0, 0.05) is 35.8 Å². The van der Waals surface area contributed by atoms with Crippen molar-refractivity contribution >= 4 is 71.4 Å². The smallest absolute Gasteiger partial charge is 0.420 e. The number of para-hydroxylation sites is 1. The number of halogens is 2. The van der Waals surface area contributed by atoms with Crippen molar-refractivity contribution in [1.29, 1.82) is 0 Å². The summed E-state index contributed by atoms with van der Waals surface area (Å²) in [6.07, 6.45) is 2.74. The molecule has 0 saturated carbocycles. The molecule has 4 rings (SSSR count). The molecule has 0 aliphatic carbocycles. The number of aromatic nitrogens is 2. The van der Waals surface area contributed by atoms with Gasteiger partial charge in [0.15, 0.2) is 0 Å². The molecule has 4 aromatic rings. The quantitative estimate of drug-likeness (QED) is 0.119. The molecule has 1 N–H and O–H groups in total. The molecule has 0 radical (unpaired) electrons. The molecule has 284 valence electrons. The summed E-state index contributed by atoms with van der Waals surface area (Å²) < 4.78 is 18.6. The van der Waals surface area contributed by atoms with E-state index >= 15 is 0 Å². The lowest BCUT2D eigenvalue weighted by atomic mass is 10.0. The number of rotatable bonds is 11. The number of aryl methyl sites for hydroxylation is 2. The number of methoxy groups -OCH3 is 2. The van der Waals surface area contributed by atoms with Gasteiger partial charge in [-0.1, -0.05) is 81.8 Å². The maximum atomic E-state index is 14.8. The van der Waals surface area contributed by atoms with Crippen LogP contribution >= 0.6 is 23.2 Å². The van der Waals surface area contributed by atoms with Crippen molar-refractivity contribution in [3.8, 4) is 22.6 Å². The zero-order valence-corrected chi connectivity index (χ0v) is 35.0. The Morgan fingerprint density at radius 2 is 1.64 bits per heavy atom. The Balaban J connectivity index is 2.06. The number of amides is 2. The fraction of sp³-hybridized carbons (Fsp3) is 0.400. The SMILES string of the molecule is C=CC(=O)Nc1cccc(C)c1N(C(=O)OC(C)(C)C)c1cc2c(cn1)cc(-c1c(Cl)c(OC)cc(OC)c1Cl)c(=O)n2CCC[Si](C)(C)C(C)(C)C. The minimum absolute atomic E-state index is 0.150. The minimum atomic E-state index is -1.72. The highest BCUT2D eigenvalue weighted by Crippen LogP contribution is 2.46. The lowest BCUT2D eigenvalue weighted by Gasteiger charge is -2.37. The van der Waals surface area contributed by atoms with Crippen LogP contribution in [0.15, 0.2) is 60.0 Å². The number of carbonyl (C=O) groups excluding carboxylic acids is 2. The summed E-state index contributed by atoms with van der Waals surface area (Å²) in [6.45, 7) is 22.6. The second-order valence-electron chi connectivity index (χ2n) is 15.6. The van der Waals surface area contributed by atoms with E-state index in [9.17, 15) is 14.4 Å². The maximum Gasteiger partial charge on any atom is 0.420 e. The molecule has 53 heavy (non-hydrogen) atoms. The van der Waals surface area contributed by atoms with Crippen LogP contribution in [0.2, 0.25) is 34.2 Å². The van der Waals surface area contributed by atoms with Crippen molar-refractivity contribution in [1.82, 2.24) is 9.55 Å². The van der Waals surface area contributed by atoms with Crippen LogP contribution < -0.4 is 25.2 Å². The van der Waals surface area contributed by atoms with Gasteiger partial charge in [-0.25, -0.2) is 14.7 Å². The molecule has 0 bridgehead atoms. The van der Waals surface area contributed by atoms with Gasteiger partial charge in [0.1, 0.15) is 22.9 Å². The van der Waals surface area contributed by atoms with Crippen LogP contribution in [-0.4, -0.2) is 49.4 Å². The summed E-state index contributed by atoms with van der Waals surface area (Å²) in [5.74, 6) is 0.318. The van der Waals surface area contributed by atoms with Crippen molar-refractivity contribution in [2.24, 2.45) is 0 Å². The average Bonchev–Trinajstić information content (AvgIpc) is 3.06. The fourth-order valence-corrected chi connectivity index (χ4v) is 8.30. The number of fused-ring (bicyclic) bond motifs is 1. The van der Waals surface area contributed by atoms with Crippen LogP contribution in [0, 0.1) is 6.92 Å². The van der Waals surface area contributed by atoms with Gasteiger partial charge < -0.3 is 24.1 Å². The van der Waals surface area contributed by atoms with E-state index in [2.05, 4.69) is 45.8 Å². The van der Waals surface area contributed by atoms with Gasteiger partial charge in [0.2, 0.25) is 5.91 Å². The van der Waals surface area contributed by atoms with E-state index in [4.69, 9.17) is 42.4 Å². The lowest BCUT2D eigenvalue weighted by Crippen LogP contribution is -2.37. The number of anilines is 3. The van der Waals surface area contributed by atoms with Crippen molar-refractivity contribution in [2.75, 3.05) is 24.4 Å². The van der Waals surface area contributed by atoms with Crippen molar-refractivity contribution < 1.29 is 23.8 Å². The number of benzene rings is 2. The van der Waals surface area contributed by atoms with E-state index in [1.165, 1.54) is 19.1 Å². The average molecular weight is 782 g/mol. The summed E-state index contributed by atoms with van der Waals surface area (Å²) in [5.41, 5.74) is 1.20. The number of carbonyl (C=O) groups is 2. The highest BCUT2D eigenvalue weighted by molar-refractivity contribution is 6.80. The fourth-order valence-electron chi connectivity index (χ4n) is 5.81. The highest BCUT2D eigenvalue weighted by atomic mass is 35.5. The number of pyridine rings is 2. The van der Waals surface area contributed by atoms with Gasteiger partial charge >= 0.3 is 6.09 Å². The lowest BCUT2D eigenvalue weighted by molar-refractivity contribution is -0.111. The van der Waals surface area contributed by atoms with Crippen molar-refractivity contribution in [3.63, 3.8) is 0 Å². The molecule has 0 unspecified atom stereocenters. The van der Waals surface area contributed by atoms with E-state index in [0.29, 0.717) is 45.9 Å². The molecule has 13 heteroatoms. The largest absolute Gasteiger partial charge is 0.495 e. The van der Waals surface area contributed by atoms with Crippen molar-refractivity contribution in [3.05, 3.63) is 81.2 Å². The molecular formula is C40H50Cl2N4O6Si. The first kappa shape index (κ1) is 41.4. The van der Waals surface area contributed by atoms with E-state index in [-0.39, 0.29) is 37.6 Å². The van der Waals surface area contributed by atoms with Crippen LogP contribution in [-0.2, 0) is 16.1 Å². The zero-order valence-electron chi connectivity index (χ0n) is 32.5. The minimum Gasteiger partial charge on any atom is -0.495 e. The highest BCUT2D eigenvalue weighted by Gasteiger charge is 2.35. The summed E-state index contributed by atoms with van der Waals surface area (Å²) in [4.78, 5) is 47.5. The molecule has 2 amide bonds. The molecule has 0 aliphatic heterocycles. The number of nitrogens with zero attached hydrogens (tertiary/aromatic N) is 3. The second-order valence-corrected chi connectivity index (χ2v) is 22.1. The first-order valence-electron chi connectivity index (χ1n) is 17.4. The van der Waals surface area contributed by atoms with Gasteiger partial charge in [0.25, 0.3) is 5.56 Å². The van der Waals surface area contributed by atoms with Crippen LogP contribution in [0.4, 0.5) is 22.0 Å². The summed E-state index contributed by atoms with van der Waals surface area (Å²) in [5, 5.41) is 3.88. The van der Waals surface area contributed by atoms with E-state index in [1.807, 2.05) is 13.0 Å². The molecule has 0 spiro atoms. The predicted octanol–water partition coefficient (Wildman–Crippen LogP) is 10.8. The Hall–Kier alpha value is -4.32. The number of hydrogen-bond donors (Lipinski definition) is 1. The molecule has 2 heterocycles. The van der Waals surface area contributed by atoms with Gasteiger partial charge in [-0.15, -0.1) is 0 Å². The third-order valence-electron chi connectivity index (χ3n) is 9.73. The van der Waals surface area contributed by atoms with E-state index in [1.54, 1.807) is 61.9 Å². The Bertz CT molecular complexity index is 2090. The van der Waals surface area contributed by atoms with Gasteiger partial charge in [-0.3, -0.25) is 9.59 Å². The molecule has 2 aromatic heterocycles. The predicted molar refractivity (Wildman–Crippen MR) is 220 cm³/mol. The standard InChI is InChI=1S/C40H50Cl2N4O6Si/c1-13-32(47)44-27-17-14-16-24(2)36(27)46(38(49)52-39(3,4)5)31-21-28-25(23-43-31)20-26(33-34(41)29(50-9)22-30(51-10)35(33)42)37(48)45(28)18-15-19-53(11,12)40(6,7)8/h13-14,16-17,20-23H,1,15,18-19H2,2-12H3,(H,44,47). The van der Waals surface area contributed by atoms with Crippen LogP contribution in [0.5, 0.6) is 11.5 Å². The maximum absolute atomic E-state index is 14.8. The number of ether oxygens (including phenoxy) is 3. The third-order valence-corrected chi connectivity index (χ3v) is 16.1. The normalized spacial score (nSPS) is 12.0. The van der Waals surface area contributed by atoms with Gasteiger partial charge in [0.05, 0.1) is 54.8 Å². The monoisotopic (exact) mass is 780 g/mol. The zero-order chi connectivity index (χ0) is 39.6. The Morgan fingerprint density at radius 3 is 2.19 bits per heavy atom. The van der Waals surface area contributed by atoms with Gasteiger partial charge in [-0.05, 0) is 62.9 Å². The molecule has 2 aromatic carbocycles. The van der Waals surface area contributed by atoms with Crippen LogP contribution in [0.25, 0.3) is 22.0 Å². The van der Waals surface area contributed by atoms with Crippen molar-refractivity contribution in [2.45, 2.75) is 91.2 Å². The second kappa shape index (κ2) is 16.0. The first-order valence-corrected chi connectivity index (χ1v) is 21.3. The van der Waals surface area contributed by atoms with Crippen LogP contribution in [0.1, 0.15) is 53.5 Å². The van der Waals surface area contributed by atoms with E-state index < -0.39 is 25.7 Å². The van der Waals surface area contributed by atoms with Crippen LogP contribution in [0.3, 0.4) is 0 Å². The summed E-state index contributed by atoms with van der Waals surface area (Å²) >= 11 is 13.7. The number of hydrogen-bond acceptors (Lipinski definition) is 7. The molecule has 0 aliphatic rings. The summed E-state index contributed by atoms with van der Waals surface area (Å²) in [7, 11) is 1.23. The molecular weight excluding hydrogens is 731 g/mol. The number of nitrogens with one attached hydrogen (secondary N) is 1. The van der Waals surface area contributed by atoms with Gasteiger partial charge in [-0.2, -0.15) is 0 Å². The molecule has 0 fully saturated rings. The Kier molecular flexibility index (Phi) is 12.5. The summed E-state index contributed by atoms with van der Waals surface area (Å²) in [6, 6.07) is 11.2. The Labute approximate surface area is 323 Å². The molecule has 0 atom stereocenters. The van der Waals surface area contributed by atoms with E-state index in [0.717, 1.165) is 18.5 Å². The first-order chi connectivity index (χ1) is 24.6. The third kappa shape index (κ3) is 8.91. The molecule has 0 saturated heterocycles. The molecule has 10 nitrogen and oxygen atoms in total. The topological polar surface area (TPSA) is 112 Å².